The van der Waals surface area contributed by atoms with E-state index < -0.39 is 0 Å². The molecule has 1 aliphatic rings. The fourth-order valence-electron chi connectivity index (χ4n) is 2.23. The number of benzene rings is 1. The summed E-state index contributed by atoms with van der Waals surface area (Å²) in [4.78, 5) is 13.6. The highest BCUT2D eigenvalue weighted by molar-refractivity contribution is 5.84. The molecule has 0 unspecified atom stereocenters. The minimum atomic E-state index is 0.170. The van der Waals surface area contributed by atoms with Crippen LogP contribution in [0.3, 0.4) is 0 Å². The highest BCUT2D eigenvalue weighted by Gasteiger charge is 2.37. The van der Waals surface area contributed by atoms with Gasteiger partial charge in [-0.3, -0.25) is 4.79 Å². The fraction of sp³-hybridized carbons (Fsp3) is 0.357. The van der Waals surface area contributed by atoms with Gasteiger partial charge in [0.2, 0.25) is 5.91 Å². The van der Waals surface area contributed by atoms with Crippen molar-refractivity contribution >= 4 is 5.91 Å². The Morgan fingerprint density at radius 1 is 1.38 bits per heavy atom. The summed E-state index contributed by atoms with van der Waals surface area (Å²) in [6.07, 6.45) is 4.77. The number of hydrogen-bond acceptors (Lipinski definition) is 1. The van der Waals surface area contributed by atoms with E-state index in [2.05, 4.69) is 25.1 Å². The second-order valence-corrected chi connectivity index (χ2v) is 4.18. The van der Waals surface area contributed by atoms with Gasteiger partial charge in [-0.1, -0.05) is 42.5 Å². The van der Waals surface area contributed by atoms with Gasteiger partial charge in [0.25, 0.3) is 0 Å². The first kappa shape index (κ1) is 10.9. The molecule has 0 radical (unpaired) electrons. The molecule has 0 bridgehead atoms. The van der Waals surface area contributed by atoms with Crippen LogP contribution in [0.4, 0.5) is 0 Å². The summed E-state index contributed by atoms with van der Waals surface area (Å²) in [5, 5.41) is 0. The molecular formula is C14H17NO. The second-order valence-electron chi connectivity index (χ2n) is 4.18. The molecular weight excluding hydrogens is 198 g/mol. The molecule has 1 aromatic carbocycles. The molecule has 1 aromatic rings. The van der Waals surface area contributed by atoms with Crippen LogP contribution in [0.1, 0.15) is 31.9 Å². The van der Waals surface area contributed by atoms with E-state index in [0.29, 0.717) is 6.42 Å². The lowest BCUT2D eigenvalue weighted by atomic mass is 9.95. The van der Waals surface area contributed by atoms with Gasteiger partial charge in [0, 0.05) is 0 Å². The molecule has 0 saturated carbocycles. The molecule has 1 amide bonds. The summed E-state index contributed by atoms with van der Waals surface area (Å²) >= 11 is 0. The predicted octanol–water partition coefficient (Wildman–Crippen LogP) is 2.92. The quantitative estimate of drug-likeness (QED) is 0.561. The van der Waals surface area contributed by atoms with E-state index in [1.807, 2.05) is 36.1 Å². The van der Waals surface area contributed by atoms with Crippen LogP contribution in [-0.4, -0.2) is 16.8 Å². The molecule has 84 valence electrons. The lowest BCUT2D eigenvalue weighted by molar-refractivity contribution is -0.146. The SMILES string of the molecule is C/C=C/[C@@H]1CC(=O)N1[C@H](C)c1ccccc1. The summed E-state index contributed by atoms with van der Waals surface area (Å²) < 4.78 is 0. The topological polar surface area (TPSA) is 20.3 Å². The highest BCUT2D eigenvalue weighted by atomic mass is 16.2. The number of amides is 1. The number of carbonyl (C=O) groups excluding carboxylic acids is 1. The Bertz CT molecular complexity index is 396. The van der Waals surface area contributed by atoms with E-state index in [4.69, 9.17) is 0 Å². The van der Waals surface area contributed by atoms with Crippen LogP contribution in [0.5, 0.6) is 0 Å². The lowest BCUT2D eigenvalue weighted by Crippen LogP contribution is -2.52. The number of β-lactam (4-membered cyclic amide) rings is 1. The molecule has 0 aliphatic carbocycles. The van der Waals surface area contributed by atoms with Crippen molar-refractivity contribution in [2.75, 3.05) is 0 Å². The number of nitrogens with zero attached hydrogens (tertiary/aromatic N) is 1. The molecule has 2 atom stereocenters. The third-order valence-corrected chi connectivity index (χ3v) is 3.14. The number of rotatable bonds is 3. The smallest absolute Gasteiger partial charge is 0.225 e. The maximum Gasteiger partial charge on any atom is 0.225 e. The molecule has 2 rings (SSSR count). The van der Waals surface area contributed by atoms with Crippen molar-refractivity contribution in [1.29, 1.82) is 0 Å². The Kier molecular flexibility index (Phi) is 3.09. The van der Waals surface area contributed by atoms with Crippen molar-refractivity contribution in [3.63, 3.8) is 0 Å². The largest absolute Gasteiger partial charge is 0.329 e. The molecule has 1 saturated heterocycles. The Balaban J connectivity index is 2.15. The van der Waals surface area contributed by atoms with Crippen LogP contribution in [0.25, 0.3) is 0 Å². The van der Waals surface area contributed by atoms with Crippen LogP contribution in [0.2, 0.25) is 0 Å². The predicted molar refractivity (Wildman–Crippen MR) is 64.9 cm³/mol. The fourth-order valence-corrected chi connectivity index (χ4v) is 2.23. The molecule has 0 spiro atoms. The maximum atomic E-state index is 11.6. The molecule has 0 N–H and O–H groups in total. The van der Waals surface area contributed by atoms with Gasteiger partial charge in [-0.2, -0.15) is 0 Å². The zero-order chi connectivity index (χ0) is 11.5. The third-order valence-electron chi connectivity index (χ3n) is 3.14. The molecule has 2 nitrogen and oxygen atoms in total. The number of allylic oxidation sites excluding steroid dienone is 1. The van der Waals surface area contributed by atoms with Crippen molar-refractivity contribution in [1.82, 2.24) is 4.90 Å². The first-order valence-electron chi connectivity index (χ1n) is 5.73. The van der Waals surface area contributed by atoms with Gasteiger partial charge in [-0.25, -0.2) is 0 Å². The first-order chi connectivity index (χ1) is 7.74. The molecule has 1 heterocycles. The van der Waals surface area contributed by atoms with Crippen molar-refractivity contribution in [3.05, 3.63) is 48.0 Å². The van der Waals surface area contributed by atoms with Crippen molar-refractivity contribution in [3.8, 4) is 0 Å². The second kappa shape index (κ2) is 4.52. The lowest BCUT2D eigenvalue weighted by Gasteiger charge is -2.43. The normalized spacial score (nSPS) is 22.2. The van der Waals surface area contributed by atoms with Gasteiger partial charge in [-0.15, -0.1) is 0 Å². The Labute approximate surface area is 96.6 Å². The van der Waals surface area contributed by atoms with E-state index in [1.165, 1.54) is 5.56 Å². The summed E-state index contributed by atoms with van der Waals surface area (Å²) in [5.41, 5.74) is 1.20. The van der Waals surface area contributed by atoms with Crippen LogP contribution < -0.4 is 0 Å². The van der Waals surface area contributed by atoms with Crippen molar-refractivity contribution < 1.29 is 4.79 Å². The van der Waals surface area contributed by atoms with Gasteiger partial charge >= 0.3 is 0 Å². The first-order valence-corrected chi connectivity index (χ1v) is 5.73. The molecule has 16 heavy (non-hydrogen) atoms. The minimum absolute atomic E-state index is 0.170. The van der Waals surface area contributed by atoms with Crippen LogP contribution in [0.15, 0.2) is 42.5 Å². The van der Waals surface area contributed by atoms with E-state index in [0.717, 1.165) is 0 Å². The zero-order valence-electron chi connectivity index (χ0n) is 9.76. The Morgan fingerprint density at radius 2 is 2.06 bits per heavy atom. The maximum absolute atomic E-state index is 11.6. The van der Waals surface area contributed by atoms with Crippen LogP contribution in [0, 0.1) is 0 Å². The average Bonchev–Trinajstić information content (AvgIpc) is 2.29. The monoisotopic (exact) mass is 215 g/mol. The van der Waals surface area contributed by atoms with Gasteiger partial charge in [0.15, 0.2) is 0 Å². The van der Waals surface area contributed by atoms with E-state index in [9.17, 15) is 4.79 Å². The van der Waals surface area contributed by atoms with Gasteiger partial charge in [0.05, 0.1) is 18.5 Å². The van der Waals surface area contributed by atoms with Crippen LogP contribution in [-0.2, 0) is 4.79 Å². The van der Waals surface area contributed by atoms with E-state index in [1.54, 1.807) is 0 Å². The summed E-state index contributed by atoms with van der Waals surface area (Å²) in [7, 11) is 0. The third kappa shape index (κ3) is 1.87. The summed E-state index contributed by atoms with van der Waals surface area (Å²) in [5.74, 6) is 0.249. The van der Waals surface area contributed by atoms with E-state index >= 15 is 0 Å². The molecule has 0 aromatic heterocycles. The molecule has 2 heteroatoms. The van der Waals surface area contributed by atoms with Crippen molar-refractivity contribution in [2.45, 2.75) is 32.4 Å². The summed E-state index contributed by atoms with van der Waals surface area (Å²) in [6, 6.07) is 10.6. The standard InChI is InChI=1S/C14H17NO/c1-3-7-13-10-14(16)15(13)11(2)12-8-5-4-6-9-12/h3-9,11,13H,10H2,1-2H3/b7-3+/t11-,13-/m1/s1. The Morgan fingerprint density at radius 3 is 2.62 bits per heavy atom. The van der Waals surface area contributed by atoms with Gasteiger partial charge < -0.3 is 4.90 Å². The number of carbonyl (C=O) groups is 1. The van der Waals surface area contributed by atoms with E-state index in [-0.39, 0.29) is 18.0 Å². The highest BCUT2D eigenvalue weighted by Crippen LogP contribution is 2.31. The molecule has 1 fully saturated rings. The summed E-state index contributed by atoms with van der Waals surface area (Å²) in [6.45, 7) is 4.08. The van der Waals surface area contributed by atoms with Crippen LogP contribution >= 0.6 is 0 Å². The Hall–Kier alpha value is -1.57. The minimum Gasteiger partial charge on any atom is -0.329 e. The van der Waals surface area contributed by atoms with Crippen molar-refractivity contribution in [2.24, 2.45) is 0 Å². The zero-order valence-corrected chi connectivity index (χ0v) is 9.76. The van der Waals surface area contributed by atoms with Gasteiger partial charge in [0.1, 0.15) is 0 Å². The number of hydrogen-bond donors (Lipinski definition) is 0. The number of likely N-dealkylation sites (tertiary alicyclic amines) is 1. The average molecular weight is 215 g/mol. The van der Waals surface area contributed by atoms with Gasteiger partial charge in [-0.05, 0) is 19.4 Å². The molecule has 1 aliphatic heterocycles.